The zero-order valence-corrected chi connectivity index (χ0v) is 15.5. The Kier molecular flexibility index (Phi) is 4.90. The van der Waals surface area contributed by atoms with Gasteiger partial charge in [0.25, 0.3) is 5.91 Å². The van der Waals surface area contributed by atoms with Crippen molar-refractivity contribution in [2.75, 3.05) is 16.8 Å². The number of hydrogen-bond acceptors (Lipinski definition) is 5. The van der Waals surface area contributed by atoms with Crippen LogP contribution in [0.2, 0.25) is 0 Å². The lowest BCUT2D eigenvalue weighted by Gasteiger charge is -2.25. The van der Waals surface area contributed by atoms with Gasteiger partial charge in [-0.25, -0.2) is 4.98 Å². The lowest BCUT2D eigenvalue weighted by molar-refractivity contribution is 0.101. The number of amides is 1. The number of nitriles is 1. The van der Waals surface area contributed by atoms with Crippen molar-refractivity contribution in [3.8, 4) is 6.07 Å². The molecule has 0 unspecified atom stereocenters. The van der Waals surface area contributed by atoms with Gasteiger partial charge in [-0.1, -0.05) is 18.2 Å². The molecule has 1 aromatic carbocycles. The molecule has 1 N–H and O–H groups in total. The molecule has 3 aromatic rings. The van der Waals surface area contributed by atoms with Gasteiger partial charge in [-0.2, -0.15) is 5.26 Å². The third-order valence-corrected chi connectivity index (χ3v) is 5.50. The fraction of sp³-hybridized carbons (Fsp3) is 0.250. The van der Waals surface area contributed by atoms with E-state index in [2.05, 4.69) is 33.4 Å². The minimum atomic E-state index is -0.248. The molecule has 0 spiro atoms. The molecule has 136 valence electrons. The van der Waals surface area contributed by atoms with Crippen LogP contribution in [0.15, 0.2) is 54.0 Å². The number of carbonyl (C=O) groups is 1. The monoisotopic (exact) mass is 377 g/mol. The van der Waals surface area contributed by atoms with Gasteiger partial charge in [-0.15, -0.1) is 11.3 Å². The van der Waals surface area contributed by atoms with Crippen LogP contribution in [0.25, 0.3) is 0 Å². The van der Waals surface area contributed by atoms with Gasteiger partial charge in [-0.05, 0) is 37.1 Å². The second kappa shape index (κ2) is 7.64. The van der Waals surface area contributed by atoms with E-state index in [1.807, 2.05) is 23.6 Å². The van der Waals surface area contributed by atoms with Gasteiger partial charge in [0.15, 0.2) is 5.13 Å². The third kappa shape index (κ3) is 3.57. The zero-order chi connectivity index (χ0) is 18.6. The van der Waals surface area contributed by atoms with Crippen LogP contribution in [-0.2, 0) is 6.54 Å². The summed E-state index contributed by atoms with van der Waals surface area (Å²) in [6, 6.07) is 16.1. The average Bonchev–Trinajstić information content (AvgIpc) is 3.43. The molecule has 4 rings (SSSR count). The van der Waals surface area contributed by atoms with E-state index in [-0.39, 0.29) is 18.5 Å². The summed E-state index contributed by atoms with van der Waals surface area (Å²) in [5, 5.41) is 14.3. The molecule has 27 heavy (non-hydrogen) atoms. The Morgan fingerprint density at radius 3 is 2.96 bits per heavy atom. The van der Waals surface area contributed by atoms with Crippen molar-refractivity contribution in [1.82, 2.24) is 9.55 Å². The number of thiazole rings is 1. The van der Waals surface area contributed by atoms with Crippen molar-refractivity contribution >= 4 is 28.1 Å². The Morgan fingerprint density at radius 1 is 1.30 bits per heavy atom. The average molecular weight is 377 g/mol. The van der Waals surface area contributed by atoms with Gasteiger partial charge >= 0.3 is 0 Å². The maximum Gasteiger partial charge on any atom is 0.274 e. The molecule has 2 aromatic heterocycles. The zero-order valence-electron chi connectivity index (χ0n) is 14.7. The highest BCUT2D eigenvalue weighted by atomic mass is 32.1. The largest absolute Gasteiger partial charge is 0.363 e. The van der Waals surface area contributed by atoms with Crippen LogP contribution < -0.4 is 10.2 Å². The summed E-state index contributed by atoms with van der Waals surface area (Å²) < 4.78 is 1.62. The molecule has 1 amide bonds. The lowest BCUT2D eigenvalue weighted by atomic mass is 10.1. The highest BCUT2D eigenvalue weighted by molar-refractivity contribution is 7.14. The van der Waals surface area contributed by atoms with Gasteiger partial charge in [-0.3, -0.25) is 10.1 Å². The van der Waals surface area contributed by atoms with Crippen LogP contribution in [0.5, 0.6) is 0 Å². The topological polar surface area (TPSA) is 74.0 Å². The Hall–Kier alpha value is -3.11. The van der Waals surface area contributed by atoms with Crippen LogP contribution in [-0.4, -0.2) is 22.0 Å². The summed E-state index contributed by atoms with van der Waals surface area (Å²) in [5.41, 5.74) is 2.65. The van der Waals surface area contributed by atoms with Gasteiger partial charge < -0.3 is 9.47 Å². The summed E-state index contributed by atoms with van der Waals surface area (Å²) in [6.07, 6.45) is 3.90. The van der Waals surface area contributed by atoms with Gasteiger partial charge in [0.1, 0.15) is 12.2 Å². The molecular formula is C20H19N5OS. The van der Waals surface area contributed by atoms with E-state index in [0.717, 1.165) is 25.1 Å². The van der Waals surface area contributed by atoms with Crippen LogP contribution in [0.3, 0.4) is 0 Å². The van der Waals surface area contributed by atoms with Crippen molar-refractivity contribution in [3.63, 3.8) is 0 Å². The van der Waals surface area contributed by atoms with Crippen molar-refractivity contribution in [1.29, 1.82) is 5.26 Å². The van der Waals surface area contributed by atoms with E-state index in [0.29, 0.717) is 10.8 Å². The summed E-state index contributed by atoms with van der Waals surface area (Å²) in [4.78, 5) is 19.5. The number of carbonyl (C=O) groups excluding carboxylic acids is 1. The molecule has 0 radical (unpaired) electrons. The lowest BCUT2D eigenvalue weighted by Crippen LogP contribution is -2.22. The van der Waals surface area contributed by atoms with Crippen LogP contribution >= 0.6 is 11.3 Å². The van der Waals surface area contributed by atoms with Crippen molar-refractivity contribution < 1.29 is 4.79 Å². The maximum absolute atomic E-state index is 12.5. The smallest absolute Gasteiger partial charge is 0.274 e. The summed E-state index contributed by atoms with van der Waals surface area (Å²) in [7, 11) is 0. The van der Waals surface area contributed by atoms with E-state index >= 15 is 0 Å². The van der Waals surface area contributed by atoms with Crippen LogP contribution in [0.4, 0.5) is 10.8 Å². The second-order valence-electron chi connectivity index (χ2n) is 6.40. The van der Waals surface area contributed by atoms with Crippen LogP contribution in [0, 0.1) is 11.3 Å². The van der Waals surface area contributed by atoms with E-state index in [1.165, 1.54) is 17.0 Å². The fourth-order valence-electron chi connectivity index (χ4n) is 3.49. The highest BCUT2D eigenvalue weighted by Crippen LogP contribution is 2.37. The molecule has 1 aliphatic rings. The normalized spacial score (nSPS) is 16.3. The Bertz CT molecular complexity index is 972. The number of nitrogens with one attached hydrogen (secondary N) is 1. The van der Waals surface area contributed by atoms with E-state index in [1.54, 1.807) is 22.9 Å². The molecule has 0 saturated carbocycles. The second-order valence-corrected chi connectivity index (χ2v) is 7.26. The minimum absolute atomic E-state index is 0.146. The molecule has 0 bridgehead atoms. The number of rotatable bonds is 5. The van der Waals surface area contributed by atoms with Gasteiger partial charge in [0, 0.05) is 23.8 Å². The molecule has 7 heteroatoms. The molecular weight excluding hydrogens is 358 g/mol. The number of aromatic nitrogens is 2. The fourth-order valence-corrected chi connectivity index (χ4v) is 4.25. The molecule has 1 atom stereocenters. The highest BCUT2D eigenvalue weighted by Gasteiger charge is 2.28. The summed E-state index contributed by atoms with van der Waals surface area (Å²) in [6.45, 7) is 1.16. The quantitative estimate of drug-likeness (QED) is 0.728. The first kappa shape index (κ1) is 17.3. The number of benzene rings is 1. The number of para-hydroxylation sites is 1. The molecule has 6 nitrogen and oxygen atoms in total. The van der Waals surface area contributed by atoms with Gasteiger partial charge in [0.05, 0.1) is 17.8 Å². The van der Waals surface area contributed by atoms with Crippen molar-refractivity contribution in [2.45, 2.75) is 25.4 Å². The van der Waals surface area contributed by atoms with Crippen molar-refractivity contribution in [2.24, 2.45) is 0 Å². The van der Waals surface area contributed by atoms with Crippen LogP contribution in [0.1, 0.15) is 35.1 Å². The standard InChI is InChI=1S/C20H19N5OS/c21-10-13-24-11-4-9-18(24)19(26)23-20-22-16(14-27-20)17-8-5-12-25(17)15-6-2-1-3-7-15/h1-4,6-7,9,11,14,17H,5,8,12-13H2,(H,22,23,26)/t17-/m1/s1. The van der Waals surface area contributed by atoms with E-state index in [4.69, 9.17) is 5.26 Å². The first-order chi connectivity index (χ1) is 13.3. The minimum Gasteiger partial charge on any atom is -0.363 e. The van der Waals surface area contributed by atoms with Gasteiger partial charge in [0.2, 0.25) is 0 Å². The Balaban J connectivity index is 1.49. The molecule has 3 heterocycles. The molecule has 0 aliphatic carbocycles. The predicted molar refractivity (Wildman–Crippen MR) is 106 cm³/mol. The molecule has 1 saturated heterocycles. The third-order valence-electron chi connectivity index (χ3n) is 4.73. The van der Waals surface area contributed by atoms with Crippen molar-refractivity contribution in [3.05, 3.63) is 65.4 Å². The molecule has 1 aliphatic heterocycles. The predicted octanol–water partition coefficient (Wildman–Crippen LogP) is 4.06. The van der Waals surface area contributed by atoms with E-state index in [9.17, 15) is 4.79 Å². The Morgan fingerprint density at radius 2 is 2.15 bits per heavy atom. The number of hydrogen-bond donors (Lipinski definition) is 1. The maximum atomic E-state index is 12.5. The number of anilines is 2. The Labute approximate surface area is 161 Å². The van der Waals surface area contributed by atoms with E-state index < -0.39 is 0 Å². The summed E-state index contributed by atoms with van der Waals surface area (Å²) in [5.74, 6) is -0.248. The first-order valence-electron chi connectivity index (χ1n) is 8.87. The first-order valence-corrected chi connectivity index (χ1v) is 9.75. The molecule has 1 fully saturated rings. The number of nitrogens with zero attached hydrogens (tertiary/aromatic N) is 4. The SMILES string of the molecule is N#CCn1cccc1C(=O)Nc1nc([C@H]2CCCN2c2ccccc2)cs1. The summed E-state index contributed by atoms with van der Waals surface area (Å²) >= 11 is 1.43.